The minimum Gasteiger partial charge on any atom is -0.444 e. The van der Waals surface area contributed by atoms with Crippen molar-refractivity contribution in [2.24, 2.45) is 5.92 Å². The fourth-order valence-electron chi connectivity index (χ4n) is 1.72. The number of likely N-dealkylation sites (tertiary alicyclic amines) is 1. The van der Waals surface area contributed by atoms with E-state index in [0.29, 0.717) is 13.1 Å². The Hall–Kier alpha value is -1.03. The van der Waals surface area contributed by atoms with Gasteiger partial charge in [0.25, 0.3) is 0 Å². The van der Waals surface area contributed by atoms with Crippen LogP contribution in [0.4, 0.5) is 4.79 Å². The summed E-state index contributed by atoms with van der Waals surface area (Å²) in [5, 5.41) is 9.74. The van der Waals surface area contributed by atoms with Crippen molar-refractivity contribution < 1.29 is 14.6 Å². The van der Waals surface area contributed by atoms with E-state index < -0.39 is 11.7 Å². The number of rotatable bonds is 1. The van der Waals surface area contributed by atoms with Crippen LogP contribution < -0.4 is 0 Å². The molecule has 4 heteroatoms. The smallest absolute Gasteiger partial charge is 0.410 e. The van der Waals surface area contributed by atoms with Crippen LogP contribution in [0.5, 0.6) is 0 Å². The van der Waals surface area contributed by atoms with Gasteiger partial charge in [0, 0.05) is 12.5 Å². The van der Waals surface area contributed by atoms with Crippen LogP contribution in [-0.2, 0) is 4.74 Å². The standard InChI is InChI=1S/C12H21NO3/c1-5-6-9-7-13(8-10(9)14)11(15)16-12(2,3)4/h5-6,9-10,14H,7-8H2,1-4H3/t9-,10-/m0/s1. The van der Waals surface area contributed by atoms with Gasteiger partial charge in [-0.3, -0.25) is 0 Å². The molecule has 0 aromatic heterocycles. The second-order valence-electron chi connectivity index (χ2n) is 5.14. The van der Waals surface area contributed by atoms with Crippen molar-refractivity contribution in [3.63, 3.8) is 0 Å². The van der Waals surface area contributed by atoms with Gasteiger partial charge in [0.05, 0.1) is 12.6 Å². The van der Waals surface area contributed by atoms with Gasteiger partial charge in [0.2, 0.25) is 0 Å². The Morgan fingerprint density at radius 3 is 2.56 bits per heavy atom. The average molecular weight is 227 g/mol. The minimum atomic E-state index is -0.485. The molecule has 4 nitrogen and oxygen atoms in total. The molecule has 0 saturated carbocycles. The molecule has 0 aromatic carbocycles. The van der Waals surface area contributed by atoms with Crippen LogP contribution in [0.3, 0.4) is 0 Å². The molecule has 0 unspecified atom stereocenters. The van der Waals surface area contributed by atoms with E-state index in [9.17, 15) is 9.90 Å². The third kappa shape index (κ3) is 3.52. The van der Waals surface area contributed by atoms with E-state index in [-0.39, 0.29) is 12.0 Å². The summed E-state index contributed by atoms with van der Waals surface area (Å²) in [6, 6.07) is 0. The zero-order valence-electron chi connectivity index (χ0n) is 10.4. The Bertz CT molecular complexity index is 280. The maximum Gasteiger partial charge on any atom is 0.410 e. The number of aliphatic hydroxyl groups is 1. The molecule has 1 heterocycles. The summed E-state index contributed by atoms with van der Waals surface area (Å²) in [7, 11) is 0. The van der Waals surface area contributed by atoms with Gasteiger partial charge in [0.1, 0.15) is 5.60 Å². The van der Waals surface area contributed by atoms with Crippen LogP contribution in [0.1, 0.15) is 27.7 Å². The molecule has 1 aliphatic rings. The van der Waals surface area contributed by atoms with E-state index in [2.05, 4.69) is 0 Å². The van der Waals surface area contributed by atoms with Gasteiger partial charge in [-0.1, -0.05) is 12.2 Å². The van der Waals surface area contributed by atoms with Gasteiger partial charge in [-0.05, 0) is 27.7 Å². The molecule has 0 radical (unpaired) electrons. The van der Waals surface area contributed by atoms with E-state index in [4.69, 9.17) is 4.74 Å². The molecule has 16 heavy (non-hydrogen) atoms. The Morgan fingerprint density at radius 1 is 1.44 bits per heavy atom. The third-order valence-corrected chi connectivity index (χ3v) is 2.42. The molecule has 1 aliphatic heterocycles. The average Bonchev–Trinajstić information content (AvgIpc) is 2.46. The molecule has 1 rings (SSSR count). The molecular weight excluding hydrogens is 206 g/mol. The number of carbonyl (C=O) groups is 1. The van der Waals surface area contributed by atoms with Crippen LogP contribution in [0, 0.1) is 5.92 Å². The molecule has 1 amide bonds. The fraction of sp³-hybridized carbons (Fsp3) is 0.750. The third-order valence-electron chi connectivity index (χ3n) is 2.42. The van der Waals surface area contributed by atoms with Gasteiger partial charge in [-0.2, -0.15) is 0 Å². The number of nitrogens with zero attached hydrogens (tertiary/aromatic N) is 1. The van der Waals surface area contributed by atoms with E-state index >= 15 is 0 Å². The first kappa shape index (κ1) is 13.0. The number of aliphatic hydroxyl groups excluding tert-OH is 1. The topological polar surface area (TPSA) is 49.8 Å². The number of β-amino-alcohol motifs (C(OH)–C–C–N with tert-alkyl or cyclic N) is 1. The molecule has 1 N–H and O–H groups in total. The van der Waals surface area contributed by atoms with Crippen molar-refractivity contribution in [2.45, 2.75) is 39.4 Å². The number of hydrogen-bond donors (Lipinski definition) is 1. The predicted molar refractivity (Wildman–Crippen MR) is 62.1 cm³/mol. The number of hydrogen-bond acceptors (Lipinski definition) is 3. The highest BCUT2D eigenvalue weighted by atomic mass is 16.6. The van der Waals surface area contributed by atoms with Crippen molar-refractivity contribution >= 4 is 6.09 Å². The number of carbonyl (C=O) groups excluding carboxylic acids is 1. The molecule has 0 bridgehead atoms. The molecule has 0 spiro atoms. The molecule has 1 saturated heterocycles. The van der Waals surface area contributed by atoms with Gasteiger partial charge < -0.3 is 14.7 Å². The summed E-state index contributed by atoms with van der Waals surface area (Å²) in [5.41, 5.74) is -0.485. The lowest BCUT2D eigenvalue weighted by Gasteiger charge is -2.24. The highest BCUT2D eigenvalue weighted by molar-refractivity contribution is 5.68. The summed E-state index contributed by atoms with van der Waals surface area (Å²) in [6.45, 7) is 8.29. The first-order valence-corrected chi connectivity index (χ1v) is 5.62. The monoisotopic (exact) mass is 227 g/mol. The van der Waals surface area contributed by atoms with Crippen LogP contribution in [0.2, 0.25) is 0 Å². The summed E-state index contributed by atoms with van der Waals surface area (Å²) in [6.07, 6.45) is 2.99. The van der Waals surface area contributed by atoms with Crippen LogP contribution in [0.15, 0.2) is 12.2 Å². The van der Waals surface area contributed by atoms with E-state index in [1.807, 2.05) is 39.8 Å². The SMILES string of the molecule is CC=C[C@H]1CN(C(=O)OC(C)(C)C)C[C@@H]1O. The molecule has 0 aromatic rings. The summed E-state index contributed by atoms with van der Waals surface area (Å²) < 4.78 is 5.25. The van der Waals surface area contributed by atoms with Crippen molar-refractivity contribution in [1.82, 2.24) is 4.90 Å². The highest BCUT2D eigenvalue weighted by Crippen LogP contribution is 2.20. The quantitative estimate of drug-likeness (QED) is 0.695. The fourth-order valence-corrected chi connectivity index (χ4v) is 1.72. The second-order valence-corrected chi connectivity index (χ2v) is 5.14. The Balaban J connectivity index is 2.55. The minimum absolute atomic E-state index is 0.0255. The van der Waals surface area contributed by atoms with Crippen LogP contribution >= 0.6 is 0 Å². The molecule has 92 valence electrons. The summed E-state index contributed by atoms with van der Waals surface area (Å²) in [5.74, 6) is 0.0255. The Labute approximate surface area is 96.9 Å². The number of allylic oxidation sites excluding steroid dienone is 1. The lowest BCUT2D eigenvalue weighted by atomic mass is 10.1. The van der Waals surface area contributed by atoms with Crippen molar-refractivity contribution in [3.05, 3.63) is 12.2 Å². The number of ether oxygens (including phenoxy) is 1. The first-order chi connectivity index (χ1) is 7.33. The maximum atomic E-state index is 11.7. The zero-order chi connectivity index (χ0) is 12.3. The van der Waals surface area contributed by atoms with Gasteiger partial charge in [-0.15, -0.1) is 0 Å². The predicted octanol–water partition coefficient (Wildman–Crippen LogP) is 1.79. The van der Waals surface area contributed by atoms with Crippen molar-refractivity contribution in [3.8, 4) is 0 Å². The second kappa shape index (κ2) is 4.87. The van der Waals surface area contributed by atoms with Crippen molar-refractivity contribution in [2.75, 3.05) is 13.1 Å². The summed E-state index contributed by atoms with van der Waals surface area (Å²) in [4.78, 5) is 13.3. The van der Waals surface area contributed by atoms with E-state index in [0.717, 1.165) is 0 Å². The molecule has 2 atom stereocenters. The molecular formula is C12H21NO3. The number of amides is 1. The highest BCUT2D eigenvalue weighted by Gasteiger charge is 2.34. The van der Waals surface area contributed by atoms with E-state index in [1.54, 1.807) is 4.90 Å². The van der Waals surface area contributed by atoms with Gasteiger partial charge in [0.15, 0.2) is 0 Å². The Morgan fingerprint density at radius 2 is 2.06 bits per heavy atom. The van der Waals surface area contributed by atoms with Crippen LogP contribution in [-0.4, -0.2) is 40.9 Å². The van der Waals surface area contributed by atoms with Gasteiger partial charge in [-0.25, -0.2) is 4.79 Å². The zero-order valence-corrected chi connectivity index (χ0v) is 10.4. The van der Waals surface area contributed by atoms with Gasteiger partial charge >= 0.3 is 6.09 Å². The maximum absolute atomic E-state index is 11.7. The Kier molecular flexibility index (Phi) is 3.97. The van der Waals surface area contributed by atoms with Crippen LogP contribution in [0.25, 0.3) is 0 Å². The van der Waals surface area contributed by atoms with E-state index in [1.165, 1.54) is 0 Å². The largest absolute Gasteiger partial charge is 0.444 e. The molecule has 0 aliphatic carbocycles. The summed E-state index contributed by atoms with van der Waals surface area (Å²) >= 11 is 0. The first-order valence-electron chi connectivity index (χ1n) is 5.62. The lowest BCUT2D eigenvalue weighted by molar-refractivity contribution is 0.0270. The normalized spacial score (nSPS) is 26.4. The lowest BCUT2D eigenvalue weighted by Crippen LogP contribution is -2.35. The molecule has 1 fully saturated rings. The van der Waals surface area contributed by atoms with Crippen molar-refractivity contribution in [1.29, 1.82) is 0 Å².